The molecule has 1 aromatic carbocycles. The predicted molar refractivity (Wildman–Crippen MR) is 70.6 cm³/mol. The lowest BCUT2D eigenvalue weighted by Crippen LogP contribution is -2.23. The van der Waals surface area contributed by atoms with Crippen molar-refractivity contribution in [3.05, 3.63) is 30.3 Å². The smallest absolute Gasteiger partial charge is 0.0109 e. The zero-order valence-corrected chi connectivity index (χ0v) is 10.6. The fraction of sp³-hybridized carbons (Fsp3) is 0.600. The van der Waals surface area contributed by atoms with Crippen molar-refractivity contribution >= 4 is 13.2 Å². The van der Waals surface area contributed by atoms with E-state index < -0.39 is 0 Å². The van der Waals surface area contributed by atoms with Crippen molar-refractivity contribution < 1.29 is 0 Å². The molecule has 84 valence electrons. The van der Waals surface area contributed by atoms with E-state index in [4.69, 9.17) is 0 Å². The van der Waals surface area contributed by atoms with Gasteiger partial charge in [0, 0.05) is 0 Å². The number of hydrogen-bond donors (Lipinski definition) is 0. The Morgan fingerprint density at radius 2 is 1.75 bits per heavy atom. The summed E-state index contributed by atoms with van der Waals surface area (Å²) in [6.45, 7) is 0. The molecule has 3 aliphatic rings. The van der Waals surface area contributed by atoms with Crippen LogP contribution in [-0.2, 0) is 0 Å². The molecule has 1 heterocycles. The van der Waals surface area contributed by atoms with Gasteiger partial charge in [-0.2, -0.15) is 0 Å². The van der Waals surface area contributed by atoms with E-state index in [0.717, 1.165) is 23.4 Å². The van der Waals surface area contributed by atoms with Gasteiger partial charge < -0.3 is 0 Å². The second-order valence-electron chi connectivity index (χ2n) is 5.81. The molecule has 3 fully saturated rings. The minimum Gasteiger partial charge on any atom is -0.0716 e. The highest BCUT2D eigenvalue weighted by atomic mass is 31.1. The highest BCUT2D eigenvalue weighted by Gasteiger charge is 2.53. The molecule has 1 aromatic rings. The van der Waals surface area contributed by atoms with E-state index in [1.807, 2.05) is 0 Å². The average molecular weight is 230 g/mol. The minimum atomic E-state index is 0.205. The van der Waals surface area contributed by atoms with Gasteiger partial charge in [-0.3, -0.25) is 0 Å². The summed E-state index contributed by atoms with van der Waals surface area (Å²) in [5.74, 6) is 3.38. The quantitative estimate of drug-likeness (QED) is 0.646. The van der Waals surface area contributed by atoms with Crippen LogP contribution in [0.25, 0.3) is 0 Å². The van der Waals surface area contributed by atoms with E-state index in [1.165, 1.54) is 6.16 Å². The van der Waals surface area contributed by atoms with Crippen molar-refractivity contribution in [1.82, 2.24) is 0 Å². The van der Waals surface area contributed by atoms with Gasteiger partial charge in [-0.1, -0.05) is 38.3 Å². The first kappa shape index (κ1) is 9.66. The van der Waals surface area contributed by atoms with Crippen LogP contribution < -0.4 is 5.30 Å². The van der Waals surface area contributed by atoms with Gasteiger partial charge in [-0.25, -0.2) is 0 Å². The summed E-state index contributed by atoms with van der Waals surface area (Å²) in [5, 5.41) is 1.69. The van der Waals surface area contributed by atoms with Gasteiger partial charge in [0.15, 0.2) is 0 Å². The van der Waals surface area contributed by atoms with E-state index in [-0.39, 0.29) is 7.92 Å². The van der Waals surface area contributed by atoms with Gasteiger partial charge in [-0.15, -0.1) is 0 Å². The maximum atomic E-state index is 2.39. The Morgan fingerprint density at radius 3 is 2.62 bits per heavy atom. The van der Waals surface area contributed by atoms with Crippen molar-refractivity contribution in [2.24, 2.45) is 17.8 Å². The number of rotatable bonds is 1. The van der Waals surface area contributed by atoms with Crippen molar-refractivity contribution in [2.45, 2.75) is 31.3 Å². The van der Waals surface area contributed by atoms with Crippen LogP contribution in [0.4, 0.5) is 0 Å². The SMILES string of the molecule is c1ccc([P@@]2CC[C@@H]3[C@H]4CC[C@H](C4)[C@@H]32)cc1. The van der Waals surface area contributed by atoms with Crippen molar-refractivity contribution in [3.63, 3.8) is 0 Å². The molecule has 1 saturated heterocycles. The van der Waals surface area contributed by atoms with Crippen LogP contribution in [0, 0.1) is 17.8 Å². The molecule has 0 spiro atoms. The van der Waals surface area contributed by atoms with E-state index in [1.54, 1.807) is 31.0 Å². The average Bonchev–Trinajstić information content (AvgIpc) is 3.03. The maximum Gasteiger partial charge on any atom is -0.0109 e. The Balaban J connectivity index is 1.67. The maximum absolute atomic E-state index is 2.39. The summed E-state index contributed by atoms with van der Waals surface area (Å²) >= 11 is 0. The fourth-order valence-corrected chi connectivity index (χ4v) is 8.30. The topological polar surface area (TPSA) is 0 Å². The van der Waals surface area contributed by atoms with Crippen molar-refractivity contribution in [1.29, 1.82) is 0 Å². The Morgan fingerprint density at radius 1 is 0.938 bits per heavy atom. The third kappa shape index (κ3) is 1.26. The highest BCUT2D eigenvalue weighted by Crippen LogP contribution is 2.66. The summed E-state index contributed by atoms with van der Waals surface area (Å²) in [5.41, 5.74) is 1.12. The normalized spacial score (nSPS) is 44.9. The van der Waals surface area contributed by atoms with Crippen LogP contribution in [0.3, 0.4) is 0 Å². The molecule has 1 aliphatic heterocycles. The lowest BCUT2D eigenvalue weighted by atomic mass is 9.87. The zero-order valence-electron chi connectivity index (χ0n) is 9.68. The Hall–Kier alpha value is -0.350. The van der Waals surface area contributed by atoms with Crippen molar-refractivity contribution in [3.8, 4) is 0 Å². The minimum absolute atomic E-state index is 0.205. The van der Waals surface area contributed by atoms with E-state index in [2.05, 4.69) is 30.3 Å². The van der Waals surface area contributed by atoms with Gasteiger partial charge in [0.1, 0.15) is 0 Å². The zero-order chi connectivity index (χ0) is 10.5. The molecule has 0 amide bonds. The first-order valence-corrected chi connectivity index (χ1v) is 8.35. The number of benzene rings is 1. The van der Waals surface area contributed by atoms with E-state index in [9.17, 15) is 0 Å². The standard InChI is InChI=1S/C15H19P/c1-2-4-13(5-3-1)16-9-8-14-11-6-7-12(10-11)15(14)16/h1-5,11-12,14-15H,6-10H2/t11-,12+,14+,15-,16+/m0/s1. The highest BCUT2D eigenvalue weighted by molar-refractivity contribution is 7.66. The third-order valence-corrected chi connectivity index (χ3v) is 8.42. The van der Waals surface area contributed by atoms with Crippen LogP contribution in [0.2, 0.25) is 0 Å². The summed E-state index contributed by atoms with van der Waals surface area (Å²) in [7, 11) is 0.205. The van der Waals surface area contributed by atoms with Crippen LogP contribution in [0.5, 0.6) is 0 Å². The Bertz CT molecular complexity index is 386. The van der Waals surface area contributed by atoms with Gasteiger partial charge in [0.05, 0.1) is 0 Å². The summed E-state index contributed by atoms with van der Waals surface area (Å²) in [6.07, 6.45) is 7.77. The van der Waals surface area contributed by atoms with E-state index in [0.29, 0.717) is 0 Å². The molecule has 0 nitrogen and oxygen atoms in total. The molecule has 2 saturated carbocycles. The van der Waals surface area contributed by atoms with Crippen LogP contribution in [0.1, 0.15) is 25.7 Å². The number of fused-ring (bicyclic) bond motifs is 5. The van der Waals surface area contributed by atoms with Crippen molar-refractivity contribution in [2.75, 3.05) is 6.16 Å². The molecule has 0 N–H and O–H groups in total. The molecule has 2 bridgehead atoms. The largest absolute Gasteiger partial charge is 0.0716 e. The lowest BCUT2D eigenvalue weighted by Gasteiger charge is -2.29. The van der Waals surface area contributed by atoms with Gasteiger partial charge >= 0.3 is 0 Å². The number of hydrogen-bond acceptors (Lipinski definition) is 0. The predicted octanol–water partition coefficient (Wildman–Crippen LogP) is 3.61. The van der Waals surface area contributed by atoms with Gasteiger partial charge in [0.2, 0.25) is 0 Å². The molecule has 5 atom stereocenters. The fourth-order valence-electron chi connectivity index (χ4n) is 4.63. The Labute approximate surface area is 99.2 Å². The van der Waals surface area contributed by atoms with Gasteiger partial charge in [-0.05, 0) is 60.6 Å². The van der Waals surface area contributed by atoms with Crippen LogP contribution in [-0.4, -0.2) is 11.8 Å². The van der Waals surface area contributed by atoms with Crippen LogP contribution in [0.15, 0.2) is 30.3 Å². The molecule has 0 unspecified atom stereocenters. The summed E-state index contributed by atoms with van der Waals surface area (Å²) < 4.78 is 0. The lowest BCUT2D eigenvalue weighted by molar-refractivity contribution is 0.349. The first-order chi connectivity index (χ1) is 7.93. The molecule has 2 aliphatic carbocycles. The second kappa shape index (κ2) is 3.57. The summed E-state index contributed by atoms with van der Waals surface area (Å²) in [6, 6.07) is 11.4. The molecular formula is C15H19P. The monoisotopic (exact) mass is 230 g/mol. The Kier molecular flexibility index (Phi) is 2.15. The molecular weight excluding hydrogens is 211 g/mol. The second-order valence-corrected chi connectivity index (χ2v) is 8.30. The summed E-state index contributed by atoms with van der Waals surface area (Å²) in [4.78, 5) is 0. The molecule has 0 radical (unpaired) electrons. The van der Waals surface area contributed by atoms with E-state index >= 15 is 0 Å². The van der Waals surface area contributed by atoms with Crippen LogP contribution >= 0.6 is 7.92 Å². The van der Waals surface area contributed by atoms with Gasteiger partial charge in [0.25, 0.3) is 0 Å². The molecule has 16 heavy (non-hydrogen) atoms. The molecule has 1 heteroatoms. The first-order valence-electron chi connectivity index (χ1n) is 6.75. The third-order valence-electron chi connectivity index (χ3n) is 5.19. The molecule has 4 rings (SSSR count). The molecule has 0 aromatic heterocycles.